The lowest BCUT2D eigenvalue weighted by Crippen LogP contribution is -2.16. The van der Waals surface area contributed by atoms with Crippen molar-refractivity contribution >= 4 is 0 Å². The van der Waals surface area contributed by atoms with Crippen LogP contribution in [-0.2, 0) is 6.42 Å². The summed E-state index contributed by atoms with van der Waals surface area (Å²) >= 11 is 0. The van der Waals surface area contributed by atoms with Crippen LogP contribution < -0.4 is 0 Å². The quantitative estimate of drug-likeness (QED) is 0.783. The van der Waals surface area contributed by atoms with Crippen LogP contribution in [0, 0.1) is 11.7 Å². The molecule has 2 heteroatoms. The van der Waals surface area contributed by atoms with Crippen molar-refractivity contribution in [1.82, 2.24) is 0 Å². The van der Waals surface area contributed by atoms with Gasteiger partial charge in [0.05, 0.1) is 6.10 Å². The molecule has 0 amide bonds. The molecule has 0 heterocycles. The zero-order valence-corrected chi connectivity index (χ0v) is 10.1. The molecule has 0 aromatic heterocycles. The van der Waals surface area contributed by atoms with E-state index in [2.05, 4.69) is 13.8 Å². The molecule has 1 atom stereocenters. The highest BCUT2D eigenvalue weighted by atomic mass is 19.1. The first-order valence-electron chi connectivity index (χ1n) is 6.08. The molecule has 1 N–H and O–H groups in total. The molecule has 90 valence electrons. The van der Waals surface area contributed by atoms with Gasteiger partial charge in [0.2, 0.25) is 0 Å². The van der Waals surface area contributed by atoms with Gasteiger partial charge in [0.1, 0.15) is 5.82 Å². The average Bonchev–Trinajstić information content (AvgIpc) is 2.29. The van der Waals surface area contributed by atoms with Crippen LogP contribution in [0.2, 0.25) is 0 Å². The van der Waals surface area contributed by atoms with Gasteiger partial charge in [-0.3, -0.25) is 0 Å². The van der Waals surface area contributed by atoms with Crippen molar-refractivity contribution in [1.29, 1.82) is 0 Å². The molecule has 16 heavy (non-hydrogen) atoms. The monoisotopic (exact) mass is 224 g/mol. The number of hydrogen-bond acceptors (Lipinski definition) is 1. The van der Waals surface area contributed by atoms with E-state index in [1.165, 1.54) is 6.07 Å². The molecule has 1 unspecified atom stereocenters. The highest BCUT2D eigenvalue weighted by Crippen LogP contribution is 2.18. The van der Waals surface area contributed by atoms with E-state index in [1.54, 1.807) is 12.1 Å². The van der Waals surface area contributed by atoms with Crippen LogP contribution in [0.4, 0.5) is 4.39 Å². The topological polar surface area (TPSA) is 20.2 Å². The minimum atomic E-state index is -0.429. The fourth-order valence-electron chi connectivity index (χ4n) is 2.01. The van der Waals surface area contributed by atoms with Gasteiger partial charge in [-0.2, -0.15) is 0 Å². The lowest BCUT2D eigenvalue weighted by Gasteiger charge is -2.17. The molecule has 1 rings (SSSR count). The summed E-state index contributed by atoms with van der Waals surface area (Å²) in [7, 11) is 0. The summed E-state index contributed by atoms with van der Waals surface area (Å²) < 4.78 is 13.3. The Bertz CT molecular complexity index is 307. The molecule has 0 bridgehead atoms. The van der Waals surface area contributed by atoms with E-state index in [4.69, 9.17) is 0 Å². The van der Waals surface area contributed by atoms with Gasteiger partial charge in [0.15, 0.2) is 0 Å². The molecule has 1 nitrogen and oxygen atoms in total. The van der Waals surface area contributed by atoms with Crippen molar-refractivity contribution in [3.8, 4) is 0 Å². The van der Waals surface area contributed by atoms with Gasteiger partial charge in [-0.1, -0.05) is 44.9 Å². The molecule has 1 aromatic carbocycles. The molecule has 0 aliphatic heterocycles. The Morgan fingerprint density at radius 3 is 2.38 bits per heavy atom. The highest BCUT2D eigenvalue weighted by molar-refractivity contribution is 5.17. The van der Waals surface area contributed by atoms with E-state index >= 15 is 0 Å². The summed E-state index contributed by atoms with van der Waals surface area (Å²) in [6, 6.07) is 6.67. The maximum Gasteiger partial charge on any atom is 0.126 e. The van der Waals surface area contributed by atoms with E-state index in [9.17, 15) is 9.50 Å². The van der Waals surface area contributed by atoms with Crippen molar-refractivity contribution in [2.75, 3.05) is 0 Å². The first-order valence-corrected chi connectivity index (χ1v) is 6.08. The van der Waals surface area contributed by atoms with E-state index < -0.39 is 6.10 Å². The largest absolute Gasteiger partial charge is 0.393 e. The second-order valence-electron chi connectivity index (χ2n) is 4.37. The zero-order valence-electron chi connectivity index (χ0n) is 10.1. The number of aliphatic hydroxyl groups is 1. The lowest BCUT2D eigenvalue weighted by molar-refractivity contribution is 0.138. The number of aliphatic hydroxyl groups excluding tert-OH is 1. The Morgan fingerprint density at radius 2 is 1.81 bits per heavy atom. The molecule has 0 saturated heterocycles. The number of benzene rings is 1. The van der Waals surface area contributed by atoms with Gasteiger partial charge in [0, 0.05) is 6.42 Å². The predicted molar refractivity (Wildman–Crippen MR) is 64.8 cm³/mol. The second-order valence-corrected chi connectivity index (χ2v) is 4.37. The summed E-state index contributed by atoms with van der Waals surface area (Å²) in [6.45, 7) is 4.26. The minimum absolute atomic E-state index is 0.217. The third kappa shape index (κ3) is 3.93. The standard InChI is InChI=1S/C14H21FO/c1-3-11(4-2)9-13(16)10-12-7-5-6-8-14(12)15/h5-8,11,13,16H,3-4,9-10H2,1-2H3. The van der Waals surface area contributed by atoms with Crippen molar-refractivity contribution in [2.24, 2.45) is 5.92 Å². The summed E-state index contributed by atoms with van der Waals surface area (Å²) in [4.78, 5) is 0. The molecule has 0 spiro atoms. The molecule has 0 saturated carbocycles. The summed E-state index contributed by atoms with van der Waals surface area (Å²) in [6.07, 6.45) is 2.90. The Morgan fingerprint density at radius 1 is 1.19 bits per heavy atom. The van der Waals surface area contributed by atoms with Crippen LogP contribution in [0.5, 0.6) is 0 Å². The third-order valence-corrected chi connectivity index (χ3v) is 3.17. The van der Waals surface area contributed by atoms with Crippen LogP contribution in [0.15, 0.2) is 24.3 Å². The van der Waals surface area contributed by atoms with Gasteiger partial charge < -0.3 is 5.11 Å². The highest BCUT2D eigenvalue weighted by Gasteiger charge is 2.13. The van der Waals surface area contributed by atoms with Crippen LogP contribution in [0.25, 0.3) is 0 Å². The van der Waals surface area contributed by atoms with Gasteiger partial charge in [-0.05, 0) is 24.0 Å². The molecular formula is C14H21FO. The van der Waals surface area contributed by atoms with Crippen LogP contribution in [0.3, 0.4) is 0 Å². The smallest absolute Gasteiger partial charge is 0.126 e. The van der Waals surface area contributed by atoms with Crippen LogP contribution >= 0.6 is 0 Å². The molecule has 0 aliphatic carbocycles. The first kappa shape index (κ1) is 13.2. The van der Waals surface area contributed by atoms with Crippen LogP contribution in [-0.4, -0.2) is 11.2 Å². The van der Waals surface area contributed by atoms with Crippen molar-refractivity contribution in [3.05, 3.63) is 35.6 Å². The molecule has 0 radical (unpaired) electrons. The fraction of sp³-hybridized carbons (Fsp3) is 0.571. The Hall–Kier alpha value is -0.890. The minimum Gasteiger partial charge on any atom is -0.393 e. The normalized spacial score (nSPS) is 13.1. The van der Waals surface area contributed by atoms with E-state index in [-0.39, 0.29) is 5.82 Å². The Labute approximate surface area is 97.3 Å². The summed E-state index contributed by atoms with van der Waals surface area (Å²) in [5, 5.41) is 9.89. The number of rotatable bonds is 6. The maximum atomic E-state index is 13.3. The number of halogens is 1. The van der Waals surface area contributed by atoms with Gasteiger partial charge >= 0.3 is 0 Å². The van der Waals surface area contributed by atoms with Crippen LogP contribution in [0.1, 0.15) is 38.7 Å². The van der Waals surface area contributed by atoms with E-state index in [1.807, 2.05) is 6.07 Å². The van der Waals surface area contributed by atoms with Crippen molar-refractivity contribution in [3.63, 3.8) is 0 Å². The summed E-state index contributed by atoms with van der Waals surface area (Å²) in [5.74, 6) is 0.327. The molecule has 0 fully saturated rings. The number of hydrogen-bond donors (Lipinski definition) is 1. The molecular weight excluding hydrogens is 203 g/mol. The predicted octanol–water partition coefficient (Wildman–Crippen LogP) is 3.56. The maximum absolute atomic E-state index is 13.3. The fourth-order valence-corrected chi connectivity index (χ4v) is 2.01. The third-order valence-electron chi connectivity index (χ3n) is 3.17. The van der Waals surface area contributed by atoms with Gasteiger partial charge in [-0.15, -0.1) is 0 Å². The van der Waals surface area contributed by atoms with Crippen molar-refractivity contribution < 1.29 is 9.50 Å². The molecule has 0 aliphatic rings. The first-order chi connectivity index (χ1) is 7.67. The zero-order chi connectivity index (χ0) is 12.0. The summed E-state index contributed by atoms with van der Waals surface area (Å²) in [5.41, 5.74) is 0.612. The van der Waals surface area contributed by atoms with Gasteiger partial charge in [-0.25, -0.2) is 4.39 Å². The van der Waals surface area contributed by atoms with Gasteiger partial charge in [0.25, 0.3) is 0 Å². The SMILES string of the molecule is CCC(CC)CC(O)Cc1ccccc1F. The Balaban J connectivity index is 2.51. The van der Waals surface area contributed by atoms with Crippen molar-refractivity contribution in [2.45, 2.75) is 45.6 Å². The van der Waals surface area contributed by atoms with E-state index in [0.717, 1.165) is 19.3 Å². The lowest BCUT2D eigenvalue weighted by atomic mass is 9.93. The average molecular weight is 224 g/mol. The second kappa shape index (κ2) is 6.64. The molecule has 1 aromatic rings. The Kier molecular flexibility index (Phi) is 5.47. The van der Waals surface area contributed by atoms with E-state index in [0.29, 0.717) is 17.9 Å².